The van der Waals surface area contributed by atoms with Crippen LogP contribution in [0.4, 0.5) is 5.13 Å². The molecule has 1 heterocycles. The minimum Gasteiger partial charge on any atom is -0.255 e. The lowest BCUT2D eigenvalue weighted by atomic mass is 10.1. The zero-order valence-corrected chi connectivity index (χ0v) is 15.2. The van der Waals surface area contributed by atoms with Crippen molar-refractivity contribution < 1.29 is 16.8 Å². The molecule has 0 fully saturated rings. The highest BCUT2D eigenvalue weighted by atomic mass is 32.2. The molecule has 126 valence electrons. The molecular weight excluding hydrogens is 358 g/mol. The largest absolute Gasteiger partial charge is 0.263 e. The molecule has 0 spiro atoms. The highest BCUT2D eigenvalue weighted by Crippen LogP contribution is 2.25. The summed E-state index contributed by atoms with van der Waals surface area (Å²) in [7, 11) is -7.54. The first kappa shape index (κ1) is 17.9. The Balaban J connectivity index is 2.24. The Bertz CT molecular complexity index is 882. The van der Waals surface area contributed by atoms with Gasteiger partial charge in [-0.25, -0.2) is 26.5 Å². The highest BCUT2D eigenvalue weighted by molar-refractivity contribution is 7.93. The van der Waals surface area contributed by atoms with E-state index in [2.05, 4.69) is 14.4 Å². The number of nitrogens with one attached hydrogen (secondary N) is 2. The van der Waals surface area contributed by atoms with Crippen LogP contribution in [0.5, 0.6) is 0 Å². The van der Waals surface area contributed by atoms with Crippen LogP contribution in [0.3, 0.4) is 0 Å². The number of aromatic nitrogens is 1. The summed E-state index contributed by atoms with van der Waals surface area (Å²) in [5.41, 5.74) is -0.646. The first-order valence-electron chi connectivity index (χ1n) is 6.57. The number of anilines is 1. The van der Waals surface area contributed by atoms with Crippen molar-refractivity contribution in [3.05, 3.63) is 36.5 Å². The summed E-state index contributed by atoms with van der Waals surface area (Å²) in [5.74, 6) is 0. The Kier molecular flexibility index (Phi) is 4.81. The van der Waals surface area contributed by atoms with E-state index in [1.807, 2.05) is 0 Å². The summed E-state index contributed by atoms with van der Waals surface area (Å²) >= 11 is 0.750. The summed E-state index contributed by atoms with van der Waals surface area (Å²) < 4.78 is 53.4. The van der Waals surface area contributed by atoms with Gasteiger partial charge in [-0.1, -0.05) is 29.5 Å². The van der Waals surface area contributed by atoms with E-state index in [4.69, 9.17) is 0 Å². The van der Waals surface area contributed by atoms with Gasteiger partial charge in [0.25, 0.3) is 20.0 Å². The van der Waals surface area contributed by atoms with Crippen molar-refractivity contribution in [3.63, 3.8) is 0 Å². The lowest BCUT2D eigenvalue weighted by Crippen LogP contribution is -2.40. The van der Waals surface area contributed by atoms with Gasteiger partial charge in [-0.3, -0.25) is 4.72 Å². The van der Waals surface area contributed by atoms with Crippen LogP contribution in [0.2, 0.25) is 0 Å². The Morgan fingerprint density at radius 2 is 1.61 bits per heavy atom. The van der Waals surface area contributed by atoms with Gasteiger partial charge in [-0.05, 0) is 32.9 Å². The molecule has 2 aromatic rings. The molecule has 2 rings (SSSR count). The molecule has 0 bridgehead atoms. The lowest BCUT2D eigenvalue weighted by Gasteiger charge is -2.19. The fourth-order valence-corrected chi connectivity index (χ4v) is 5.37. The minimum atomic E-state index is -3.80. The normalized spacial score (nSPS) is 13.0. The molecular formula is C13H17N3O4S3. The molecule has 0 aliphatic heterocycles. The molecule has 0 saturated heterocycles. The smallest absolute Gasteiger partial charge is 0.255 e. The maximum atomic E-state index is 12.2. The first-order valence-corrected chi connectivity index (χ1v) is 10.4. The van der Waals surface area contributed by atoms with Crippen LogP contribution in [0.15, 0.2) is 45.6 Å². The lowest BCUT2D eigenvalue weighted by molar-refractivity contribution is 0.492. The van der Waals surface area contributed by atoms with Gasteiger partial charge in [-0.15, -0.1) is 0 Å². The van der Waals surface area contributed by atoms with E-state index in [1.54, 1.807) is 39.0 Å². The second-order valence-electron chi connectivity index (χ2n) is 5.76. The van der Waals surface area contributed by atoms with Crippen LogP contribution < -0.4 is 9.44 Å². The molecule has 0 atom stereocenters. The van der Waals surface area contributed by atoms with Gasteiger partial charge >= 0.3 is 0 Å². The summed E-state index contributed by atoms with van der Waals surface area (Å²) in [6.07, 6.45) is 1.13. The number of rotatable bonds is 5. The fraction of sp³-hybridized carbons (Fsp3) is 0.308. The third-order valence-corrected chi connectivity index (χ3v) is 7.08. The molecule has 0 aliphatic rings. The second-order valence-corrected chi connectivity index (χ2v) is 10.4. The van der Waals surface area contributed by atoms with Gasteiger partial charge in [0.2, 0.25) is 0 Å². The molecule has 10 heteroatoms. The molecule has 2 N–H and O–H groups in total. The predicted octanol–water partition coefficient (Wildman–Crippen LogP) is 2.02. The van der Waals surface area contributed by atoms with E-state index in [1.165, 1.54) is 12.1 Å². The number of sulfonamides is 2. The summed E-state index contributed by atoms with van der Waals surface area (Å²) in [5, 5.41) is -0.0110. The van der Waals surface area contributed by atoms with Crippen molar-refractivity contribution in [1.82, 2.24) is 9.71 Å². The third kappa shape index (κ3) is 4.74. The van der Waals surface area contributed by atoms with Gasteiger partial charge in [0, 0.05) is 5.54 Å². The van der Waals surface area contributed by atoms with Gasteiger partial charge in [0.1, 0.15) is 0 Å². The average molecular weight is 375 g/mol. The van der Waals surface area contributed by atoms with Crippen LogP contribution in [0, 0.1) is 0 Å². The first-order chi connectivity index (χ1) is 10.5. The molecule has 0 aliphatic carbocycles. The number of hydrogen-bond acceptors (Lipinski definition) is 6. The zero-order chi connectivity index (χ0) is 17.3. The maximum Gasteiger partial charge on any atom is 0.263 e. The highest BCUT2D eigenvalue weighted by Gasteiger charge is 2.25. The van der Waals surface area contributed by atoms with E-state index >= 15 is 0 Å². The van der Waals surface area contributed by atoms with Gasteiger partial charge in [0.05, 0.1) is 11.1 Å². The maximum absolute atomic E-state index is 12.2. The number of thiazole rings is 1. The topological polar surface area (TPSA) is 105 Å². The Labute approximate surface area is 139 Å². The fourth-order valence-electron chi connectivity index (χ4n) is 1.66. The minimum absolute atomic E-state index is 0.0110. The average Bonchev–Trinajstić information content (AvgIpc) is 2.86. The number of hydrogen-bond donors (Lipinski definition) is 2. The standard InChI is InChI=1S/C13H17N3O4S3/c1-13(2,3)16-23(19,20)11-9-14-12(21-11)15-22(17,18)10-7-5-4-6-8-10/h4-9,16H,1-3H3,(H,14,15). The van der Waals surface area contributed by atoms with E-state index in [9.17, 15) is 16.8 Å². The van der Waals surface area contributed by atoms with Crippen LogP contribution in [-0.2, 0) is 20.0 Å². The van der Waals surface area contributed by atoms with Crippen molar-refractivity contribution in [2.75, 3.05) is 4.72 Å². The van der Waals surface area contributed by atoms with Gasteiger partial charge < -0.3 is 0 Å². The third-order valence-electron chi connectivity index (χ3n) is 2.47. The van der Waals surface area contributed by atoms with Crippen molar-refractivity contribution in [3.8, 4) is 0 Å². The molecule has 23 heavy (non-hydrogen) atoms. The predicted molar refractivity (Wildman–Crippen MR) is 89.4 cm³/mol. The summed E-state index contributed by atoms with van der Waals surface area (Å²) in [4.78, 5) is 3.91. The Hall–Kier alpha value is -1.49. The van der Waals surface area contributed by atoms with Crippen LogP contribution >= 0.6 is 11.3 Å². The molecule has 1 aromatic carbocycles. The molecule has 0 unspecified atom stereocenters. The quantitative estimate of drug-likeness (QED) is 0.832. The van der Waals surface area contributed by atoms with Crippen LogP contribution in [0.25, 0.3) is 0 Å². The van der Waals surface area contributed by atoms with Gasteiger partial charge in [-0.2, -0.15) is 0 Å². The number of benzene rings is 1. The molecule has 1 aromatic heterocycles. The van der Waals surface area contributed by atoms with Crippen molar-refractivity contribution in [1.29, 1.82) is 0 Å². The Morgan fingerprint density at radius 1 is 1.00 bits per heavy atom. The second kappa shape index (κ2) is 6.19. The monoisotopic (exact) mass is 375 g/mol. The van der Waals surface area contributed by atoms with Crippen LogP contribution in [-0.4, -0.2) is 27.4 Å². The van der Waals surface area contributed by atoms with E-state index in [0.29, 0.717) is 0 Å². The summed E-state index contributed by atoms with van der Waals surface area (Å²) in [6, 6.07) is 7.77. The SMILES string of the molecule is CC(C)(C)NS(=O)(=O)c1cnc(NS(=O)(=O)c2ccccc2)s1. The van der Waals surface area contributed by atoms with Crippen molar-refractivity contribution >= 4 is 36.5 Å². The number of nitrogens with zero attached hydrogens (tertiary/aromatic N) is 1. The van der Waals surface area contributed by atoms with E-state index in [-0.39, 0.29) is 14.2 Å². The zero-order valence-electron chi connectivity index (χ0n) is 12.8. The molecule has 0 radical (unpaired) electrons. The Morgan fingerprint density at radius 3 is 2.17 bits per heavy atom. The van der Waals surface area contributed by atoms with Gasteiger partial charge in [0.15, 0.2) is 9.34 Å². The molecule has 0 saturated carbocycles. The summed E-state index contributed by atoms with van der Waals surface area (Å²) in [6.45, 7) is 5.14. The van der Waals surface area contributed by atoms with Crippen LogP contribution in [0.1, 0.15) is 20.8 Å². The molecule has 7 nitrogen and oxygen atoms in total. The molecule has 0 amide bonds. The van der Waals surface area contributed by atoms with E-state index < -0.39 is 25.6 Å². The van der Waals surface area contributed by atoms with Crippen molar-refractivity contribution in [2.45, 2.75) is 35.4 Å². The van der Waals surface area contributed by atoms with E-state index in [0.717, 1.165) is 17.5 Å². The van der Waals surface area contributed by atoms with Crippen molar-refractivity contribution in [2.24, 2.45) is 0 Å².